The molecule has 6 aromatic rings. The molecule has 0 saturated carbocycles. The summed E-state index contributed by atoms with van der Waals surface area (Å²) in [5, 5.41) is 10.7. The molecule has 2 aromatic carbocycles. The maximum atomic E-state index is 12.9. The summed E-state index contributed by atoms with van der Waals surface area (Å²) in [5.74, 6) is 1.20. The average molecular weight is 834 g/mol. The number of likely N-dealkylation sites (tertiary alicyclic amines) is 1. The van der Waals surface area contributed by atoms with Crippen molar-refractivity contribution in [3.8, 4) is 22.6 Å². The van der Waals surface area contributed by atoms with Gasteiger partial charge in [0.2, 0.25) is 0 Å². The Labute approximate surface area is 362 Å². The van der Waals surface area contributed by atoms with Crippen LogP contribution in [0.4, 0.5) is 16.2 Å². The molecule has 0 radical (unpaired) electrons. The number of amides is 3. The van der Waals surface area contributed by atoms with E-state index in [1.165, 1.54) is 24.1 Å². The van der Waals surface area contributed by atoms with Gasteiger partial charge in [-0.15, -0.1) is 0 Å². The van der Waals surface area contributed by atoms with Gasteiger partial charge in [-0.3, -0.25) is 14.7 Å². The molecule has 3 aliphatic rings. The number of carbonyl (C=O) groups excluding carboxylic acids is 2. The molecular weight excluding hydrogens is 779 g/mol. The number of benzene rings is 2. The molecule has 14 heteroatoms. The van der Waals surface area contributed by atoms with Crippen LogP contribution in [0.2, 0.25) is 0 Å². The van der Waals surface area contributed by atoms with E-state index >= 15 is 0 Å². The largest absolute Gasteiger partial charge is 0.372 e. The van der Waals surface area contributed by atoms with Crippen molar-refractivity contribution in [1.29, 1.82) is 0 Å². The topological polar surface area (TPSA) is 161 Å². The predicted molar refractivity (Wildman–Crippen MR) is 241 cm³/mol. The number of H-pyrrole nitrogens is 1. The molecule has 7 heterocycles. The normalized spacial score (nSPS) is 18.4. The molecule has 3 N–H and O–H groups in total. The third-order valence-electron chi connectivity index (χ3n) is 12.7. The lowest BCUT2D eigenvalue weighted by molar-refractivity contribution is 0.0895. The molecule has 14 nitrogen and oxygen atoms in total. The van der Waals surface area contributed by atoms with E-state index < -0.39 is 5.91 Å². The third kappa shape index (κ3) is 8.56. The second kappa shape index (κ2) is 16.8. The molecule has 3 amide bonds. The highest BCUT2D eigenvalue weighted by Crippen LogP contribution is 2.34. The standard InChI is InChI=1S/C48H55N11O3/c1-29-23-33(7-13-38(29)31(3)53-44(60)45-55-46(56-62-45)48(4,5)6)42-39-24-41(54-43(39)51-28-50-42)40-14-8-34(25-49-40)35-18-19-57(27-35)26-32-16-20-58(21-17-32)36-9-11-37(12-10-36)59-22-15-30(2)52-47(59)61/h7-14,23-25,28,31-32,35H,2,15-22,26-27H2,1,3-6H3,(H,52,61)(H,53,60)(H,50,51,54)/t31-,35?/m1/s1. The van der Waals surface area contributed by atoms with Crippen LogP contribution in [-0.4, -0.2) is 86.2 Å². The van der Waals surface area contributed by atoms with Crippen molar-refractivity contribution < 1.29 is 14.1 Å². The number of hydrogen-bond acceptors (Lipinski definition) is 10. The second-order valence-electron chi connectivity index (χ2n) is 18.2. The fraction of sp³-hybridized carbons (Fsp3) is 0.396. The van der Waals surface area contributed by atoms with E-state index in [1.54, 1.807) is 11.2 Å². The van der Waals surface area contributed by atoms with Crippen molar-refractivity contribution in [2.75, 3.05) is 49.1 Å². The fourth-order valence-electron chi connectivity index (χ4n) is 9.11. The SMILES string of the molecule is C=C1CCN(c2ccc(N3CCC(CN4CCC(c5ccc(-c6cc7c(-c8ccc([C@@H](C)NC(=O)c9nc(C(C)(C)C)no9)c(C)c8)ncnc7[nH]6)nc5)C4)CC3)cc2)C(=O)N1. The van der Waals surface area contributed by atoms with Crippen LogP contribution in [0.3, 0.4) is 0 Å². The number of aromatic amines is 1. The number of piperidine rings is 1. The molecule has 3 aliphatic heterocycles. The van der Waals surface area contributed by atoms with Crippen molar-refractivity contribution in [3.05, 3.63) is 114 Å². The van der Waals surface area contributed by atoms with Crippen molar-refractivity contribution in [2.24, 2.45) is 5.92 Å². The number of nitrogens with zero attached hydrogens (tertiary/aromatic N) is 8. The van der Waals surface area contributed by atoms with Crippen LogP contribution >= 0.6 is 0 Å². The van der Waals surface area contributed by atoms with Gasteiger partial charge in [0.05, 0.1) is 23.1 Å². The van der Waals surface area contributed by atoms with Gasteiger partial charge in [-0.25, -0.2) is 14.8 Å². The maximum absolute atomic E-state index is 12.9. The van der Waals surface area contributed by atoms with Crippen LogP contribution in [0.15, 0.2) is 90.0 Å². The van der Waals surface area contributed by atoms with E-state index in [-0.39, 0.29) is 23.4 Å². The van der Waals surface area contributed by atoms with Gasteiger partial charge in [-0.05, 0) is 111 Å². The van der Waals surface area contributed by atoms with E-state index in [0.29, 0.717) is 24.2 Å². The van der Waals surface area contributed by atoms with Gasteiger partial charge in [-0.1, -0.05) is 50.7 Å². The smallest absolute Gasteiger partial charge is 0.326 e. The van der Waals surface area contributed by atoms with Gasteiger partial charge in [-0.2, -0.15) is 4.98 Å². The van der Waals surface area contributed by atoms with E-state index in [0.717, 1.165) is 102 Å². The van der Waals surface area contributed by atoms with Crippen molar-refractivity contribution in [1.82, 2.24) is 45.6 Å². The van der Waals surface area contributed by atoms with Crippen molar-refractivity contribution in [3.63, 3.8) is 0 Å². The summed E-state index contributed by atoms with van der Waals surface area (Å²) >= 11 is 0. The van der Waals surface area contributed by atoms with Crippen LogP contribution in [0.1, 0.15) is 98.5 Å². The summed E-state index contributed by atoms with van der Waals surface area (Å²) < 4.78 is 5.25. The minimum Gasteiger partial charge on any atom is -0.372 e. The Morgan fingerprint density at radius 2 is 1.76 bits per heavy atom. The molecule has 62 heavy (non-hydrogen) atoms. The summed E-state index contributed by atoms with van der Waals surface area (Å²) in [7, 11) is 0. The van der Waals surface area contributed by atoms with Crippen LogP contribution < -0.4 is 20.4 Å². The first-order valence-corrected chi connectivity index (χ1v) is 21.8. The quantitative estimate of drug-likeness (QED) is 0.122. The lowest BCUT2D eigenvalue weighted by Crippen LogP contribution is -2.45. The number of pyridine rings is 1. The Balaban J connectivity index is 0.786. The van der Waals surface area contributed by atoms with Crippen molar-refractivity contribution >= 4 is 34.3 Å². The Kier molecular flexibility index (Phi) is 11.1. The molecule has 0 spiro atoms. The molecule has 0 bridgehead atoms. The lowest BCUT2D eigenvalue weighted by Gasteiger charge is -2.35. The van der Waals surface area contributed by atoms with Crippen LogP contribution in [0, 0.1) is 12.8 Å². The Morgan fingerprint density at radius 1 is 0.968 bits per heavy atom. The summed E-state index contributed by atoms with van der Waals surface area (Å²) in [6, 6.07) is 20.6. The minimum absolute atomic E-state index is 0.0458. The zero-order chi connectivity index (χ0) is 43.1. The summed E-state index contributed by atoms with van der Waals surface area (Å²) in [6.45, 7) is 19.8. The van der Waals surface area contributed by atoms with Gasteiger partial charge >= 0.3 is 17.8 Å². The monoisotopic (exact) mass is 833 g/mol. The summed E-state index contributed by atoms with van der Waals surface area (Å²) in [4.78, 5) is 54.2. The third-order valence-corrected chi connectivity index (χ3v) is 12.7. The number of aryl methyl sites for hydroxylation is 1. The number of urea groups is 1. The Bertz CT molecular complexity index is 2600. The number of aromatic nitrogens is 6. The van der Waals surface area contributed by atoms with E-state index in [9.17, 15) is 9.59 Å². The van der Waals surface area contributed by atoms with E-state index in [1.807, 2.05) is 52.9 Å². The highest BCUT2D eigenvalue weighted by atomic mass is 16.5. The van der Waals surface area contributed by atoms with Gasteiger partial charge in [0.1, 0.15) is 12.0 Å². The van der Waals surface area contributed by atoms with Crippen LogP contribution in [0.25, 0.3) is 33.7 Å². The van der Waals surface area contributed by atoms with Crippen LogP contribution in [-0.2, 0) is 5.41 Å². The molecule has 3 fully saturated rings. The molecule has 4 aromatic heterocycles. The zero-order valence-electron chi connectivity index (χ0n) is 36.2. The molecule has 2 atom stereocenters. The van der Waals surface area contributed by atoms with E-state index in [2.05, 4.69) is 95.7 Å². The lowest BCUT2D eigenvalue weighted by atomic mass is 9.95. The molecule has 0 aliphatic carbocycles. The number of fused-ring (bicyclic) bond motifs is 1. The average Bonchev–Trinajstić information content (AvgIpc) is 4.05. The Morgan fingerprint density at radius 3 is 2.47 bits per heavy atom. The second-order valence-corrected chi connectivity index (χ2v) is 18.2. The van der Waals surface area contributed by atoms with Crippen molar-refractivity contribution in [2.45, 2.75) is 77.7 Å². The predicted octanol–water partition coefficient (Wildman–Crippen LogP) is 8.31. The number of anilines is 2. The van der Waals surface area contributed by atoms with Gasteiger partial charge in [0.25, 0.3) is 0 Å². The first kappa shape index (κ1) is 41.0. The van der Waals surface area contributed by atoms with E-state index in [4.69, 9.17) is 14.5 Å². The summed E-state index contributed by atoms with van der Waals surface area (Å²) in [5.41, 5.74) is 10.2. The van der Waals surface area contributed by atoms with Gasteiger partial charge in [0.15, 0.2) is 5.82 Å². The van der Waals surface area contributed by atoms with Crippen LogP contribution in [0.5, 0.6) is 0 Å². The maximum Gasteiger partial charge on any atom is 0.326 e. The number of nitrogens with one attached hydrogen (secondary N) is 3. The highest BCUT2D eigenvalue weighted by molar-refractivity contribution is 5.95. The zero-order valence-corrected chi connectivity index (χ0v) is 36.2. The number of carbonyl (C=O) groups is 2. The van der Waals surface area contributed by atoms with Gasteiger partial charge in [0, 0.05) is 78.8 Å². The minimum atomic E-state index is -0.407. The molecule has 320 valence electrons. The molecule has 9 rings (SSSR count). The molecule has 3 saturated heterocycles. The highest BCUT2D eigenvalue weighted by Gasteiger charge is 2.29. The Hall–Kier alpha value is -6.41. The molecular formula is C48H55N11O3. The number of hydrogen-bond donors (Lipinski definition) is 3. The summed E-state index contributed by atoms with van der Waals surface area (Å²) in [6.07, 6.45) is 7.89. The van der Waals surface area contributed by atoms with Gasteiger partial charge < -0.3 is 29.9 Å². The first-order chi connectivity index (χ1) is 29.9. The first-order valence-electron chi connectivity index (χ1n) is 21.8. The number of rotatable bonds is 10. The molecule has 1 unspecified atom stereocenters. The fourth-order valence-corrected chi connectivity index (χ4v) is 9.11.